The molecular formula is C18H19N3O2S2. The fourth-order valence-corrected chi connectivity index (χ4v) is 3.91. The number of hydrogen-bond acceptors (Lipinski definition) is 5. The van der Waals surface area contributed by atoms with Crippen LogP contribution in [0.2, 0.25) is 0 Å². The van der Waals surface area contributed by atoms with Gasteiger partial charge in [0.2, 0.25) is 0 Å². The lowest BCUT2D eigenvalue weighted by atomic mass is 10.1. The normalized spacial score (nSPS) is 10.6. The van der Waals surface area contributed by atoms with Gasteiger partial charge in [-0.3, -0.25) is 5.32 Å². The number of anilines is 1. The Bertz CT molecular complexity index is 862. The molecule has 0 saturated heterocycles. The number of ether oxygens (including phenoxy) is 1. The van der Waals surface area contributed by atoms with Gasteiger partial charge in [-0.1, -0.05) is 29.5 Å². The zero-order chi connectivity index (χ0) is 17.6. The third-order valence-corrected chi connectivity index (χ3v) is 5.39. The van der Waals surface area contributed by atoms with Crippen LogP contribution in [0.25, 0.3) is 10.2 Å². The van der Waals surface area contributed by atoms with Crippen molar-refractivity contribution in [3.8, 4) is 5.75 Å². The summed E-state index contributed by atoms with van der Waals surface area (Å²) in [6, 6.07) is 13.6. The van der Waals surface area contributed by atoms with Crippen LogP contribution < -0.4 is 15.4 Å². The summed E-state index contributed by atoms with van der Waals surface area (Å²) < 4.78 is 6.20. The van der Waals surface area contributed by atoms with Gasteiger partial charge in [0.15, 0.2) is 5.13 Å². The van der Waals surface area contributed by atoms with Gasteiger partial charge in [-0.05, 0) is 42.5 Å². The van der Waals surface area contributed by atoms with E-state index in [0.29, 0.717) is 11.7 Å². The Balaban J connectivity index is 1.53. The van der Waals surface area contributed by atoms with Gasteiger partial charge in [-0.2, -0.15) is 0 Å². The van der Waals surface area contributed by atoms with Crippen molar-refractivity contribution in [3.63, 3.8) is 0 Å². The minimum absolute atomic E-state index is 0.238. The van der Waals surface area contributed by atoms with Gasteiger partial charge in [-0.25, -0.2) is 9.78 Å². The number of fused-ring (bicyclic) bond motifs is 1. The number of para-hydroxylation sites is 1. The standard InChI is InChI=1S/C18H19N3O2S2/c1-23-13-8-6-12(7-9-13)10-11-19-17(22)21-18-20-16-14(24-2)4-3-5-15(16)25-18/h3-9H,10-11H2,1-2H3,(H2,19,20,21,22). The molecule has 2 aromatic carbocycles. The number of nitrogens with zero attached hydrogens (tertiary/aromatic N) is 1. The van der Waals surface area contributed by atoms with Gasteiger partial charge in [0.1, 0.15) is 5.75 Å². The number of thioether (sulfide) groups is 1. The van der Waals surface area contributed by atoms with E-state index in [1.807, 2.05) is 48.7 Å². The molecule has 3 rings (SSSR count). The van der Waals surface area contributed by atoms with E-state index in [9.17, 15) is 4.79 Å². The molecule has 0 bridgehead atoms. The van der Waals surface area contributed by atoms with Gasteiger partial charge < -0.3 is 10.1 Å². The van der Waals surface area contributed by atoms with Crippen molar-refractivity contribution in [1.29, 1.82) is 0 Å². The van der Waals surface area contributed by atoms with Crippen molar-refractivity contribution in [2.45, 2.75) is 11.3 Å². The third kappa shape index (κ3) is 4.43. The summed E-state index contributed by atoms with van der Waals surface area (Å²) in [5, 5.41) is 6.29. The highest BCUT2D eigenvalue weighted by Gasteiger charge is 2.10. The van der Waals surface area contributed by atoms with Gasteiger partial charge in [0, 0.05) is 11.4 Å². The van der Waals surface area contributed by atoms with E-state index in [1.54, 1.807) is 18.9 Å². The van der Waals surface area contributed by atoms with Crippen LogP contribution in [0.1, 0.15) is 5.56 Å². The fraction of sp³-hybridized carbons (Fsp3) is 0.222. The molecule has 0 spiro atoms. The number of rotatable bonds is 6. The number of methoxy groups -OCH3 is 1. The molecule has 0 radical (unpaired) electrons. The minimum atomic E-state index is -0.238. The second kappa shape index (κ2) is 8.22. The Labute approximate surface area is 154 Å². The third-order valence-electron chi connectivity index (χ3n) is 3.68. The van der Waals surface area contributed by atoms with Crippen molar-refractivity contribution >= 4 is 44.5 Å². The van der Waals surface area contributed by atoms with Crippen LogP contribution >= 0.6 is 23.1 Å². The first-order valence-electron chi connectivity index (χ1n) is 7.81. The maximum Gasteiger partial charge on any atom is 0.321 e. The molecule has 0 atom stereocenters. The van der Waals surface area contributed by atoms with Crippen LogP contribution in [0.15, 0.2) is 47.4 Å². The number of hydrogen-bond donors (Lipinski definition) is 2. The number of urea groups is 1. The van der Waals surface area contributed by atoms with E-state index in [1.165, 1.54) is 11.3 Å². The molecular weight excluding hydrogens is 354 g/mol. The molecule has 25 heavy (non-hydrogen) atoms. The lowest BCUT2D eigenvalue weighted by Crippen LogP contribution is -2.30. The van der Waals surface area contributed by atoms with Crippen LogP contribution in [0.5, 0.6) is 5.75 Å². The van der Waals surface area contributed by atoms with E-state index in [4.69, 9.17) is 4.74 Å². The Morgan fingerprint density at radius 3 is 2.76 bits per heavy atom. The summed E-state index contributed by atoms with van der Waals surface area (Å²) in [7, 11) is 1.64. The predicted octanol–water partition coefficient (Wildman–Crippen LogP) is 4.39. The molecule has 7 heteroatoms. The van der Waals surface area contributed by atoms with E-state index in [-0.39, 0.29) is 6.03 Å². The zero-order valence-electron chi connectivity index (χ0n) is 14.0. The summed E-state index contributed by atoms with van der Waals surface area (Å²) in [6.07, 6.45) is 2.78. The molecule has 0 aliphatic heterocycles. The topological polar surface area (TPSA) is 63.2 Å². The molecule has 0 fully saturated rings. The first-order valence-corrected chi connectivity index (χ1v) is 9.85. The average Bonchev–Trinajstić information content (AvgIpc) is 3.04. The van der Waals surface area contributed by atoms with E-state index < -0.39 is 0 Å². The van der Waals surface area contributed by atoms with Gasteiger partial charge in [-0.15, -0.1) is 11.8 Å². The number of nitrogens with one attached hydrogen (secondary N) is 2. The number of carbonyl (C=O) groups excluding carboxylic acids is 1. The fourth-order valence-electron chi connectivity index (χ4n) is 2.40. The van der Waals surface area contributed by atoms with Gasteiger partial charge in [0.05, 0.1) is 17.3 Å². The first kappa shape index (κ1) is 17.6. The maximum atomic E-state index is 12.1. The second-order valence-corrected chi connectivity index (χ2v) is 7.18. The maximum absolute atomic E-state index is 12.1. The molecule has 3 aromatic rings. The van der Waals surface area contributed by atoms with Gasteiger partial charge >= 0.3 is 6.03 Å². The summed E-state index contributed by atoms with van der Waals surface area (Å²) in [5.41, 5.74) is 2.08. The number of amides is 2. The minimum Gasteiger partial charge on any atom is -0.497 e. The Hall–Kier alpha value is -2.25. The smallest absolute Gasteiger partial charge is 0.321 e. The molecule has 0 aliphatic carbocycles. The van der Waals surface area contributed by atoms with Gasteiger partial charge in [0.25, 0.3) is 0 Å². The molecule has 0 saturated carbocycles. The largest absolute Gasteiger partial charge is 0.497 e. The summed E-state index contributed by atoms with van der Waals surface area (Å²) in [4.78, 5) is 17.7. The van der Waals surface area contributed by atoms with Crippen molar-refractivity contribution in [2.75, 3.05) is 25.2 Å². The van der Waals surface area contributed by atoms with Crippen molar-refractivity contribution in [3.05, 3.63) is 48.0 Å². The van der Waals surface area contributed by atoms with Crippen LogP contribution in [-0.2, 0) is 6.42 Å². The summed E-state index contributed by atoms with van der Waals surface area (Å²) in [6.45, 7) is 0.555. The monoisotopic (exact) mass is 373 g/mol. The van der Waals surface area contributed by atoms with Crippen molar-refractivity contribution in [2.24, 2.45) is 0 Å². The number of thiazole rings is 1. The Kier molecular flexibility index (Phi) is 5.78. The zero-order valence-corrected chi connectivity index (χ0v) is 15.7. The summed E-state index contributed by atoms with van der Waals surface area (Å²) >= 11 is 3.13. The van der Waals surface area contributed by atoms with Crippen molar-refractivity contribution in [1.82, 2.24) is 10.3 Å². The number of benzene rings is 2. The van der Waals surface area contributed by atoms with E-state index >= 15 is 0 Å². The molecule has 2 N–H and O–H groups in total. The first-order chi connectivity index (χ1) is 12.2. The average molecular weight is 374 g/mol. The summed E-state index contributed by atoms with van der Waals surface area (Å²) in [5.74, 6) is 0.829. The highest BCUT2D eigenvalue weighted by molar-refractivity contribution is 7.98. The highest BCUT2D eigenvalue weighted by Crippen LogP contribution is 2.32. The predicted molar refractivity (Wildman–Crippen MR) is 105 cm³/mol. The van der Waals surface area contributed by atoms with Crippen LogP contribution in [0.4, 0.5) is 9.93 Å². The molecule has 5 nitrogen and oxygen atoms in total. The molecule has 0 aliphatic rings. The quantitative estimate of drug-likeness (QED) is 0.629. The lowest BCUT2D eigenvalue weighted by Gasteiger charge is -2.06. The molecule has 1 aromatic heterocycles. The van der Waals surface area contributed by atoms with Crippen LogP contribution in [0, 0.1) is 0 Å². The molecule has 0 unspecified atom stereocenters. The highest BCUT2D eigenvalue weighted by atomic mass is 32.2. The molecule has 1 heterocycles. The molecule has 2 amide bonds. The number of carbonyl (C=O) groups is 1. The van der Waals surface area contributed by atoms with Crippen LogP contribution in [0.3, 0.4) is 0 Å². The number of aromatic nitrogens is 1. The molecule has 130 valence electrons. The van der Waals surface area contributed by atoms with Crippen LogP contribution in [-0.4, -0.2) is 30.9 Å². The Morgan fingerprint density at radius 1 is 1.24 bits per heavy atom. The van der Waals surface area contributed by atoms with E-state index in [0.717, 1.165) is 32.8 Å². The van der Waals surface area contributed by atoms with Crippen molar-refractivity contribution < 1.29 is 9.53 Å². The second-order valence-electron chi connectivity index (χ2n) is 5.31. The SMILES string of the molecule is COc1ccc(CCNC(=O)Nc2nc3c(SC)cccc3s2)cc1. The lowest BCUT2D eigenvalue weighted by molar-refractivity contribution is 0.252. The van der Waals surface area contributed by atoms with E-state index in [2.05, 4.69) is 15.6 Å². The Morgan fingerprint density at radius 2 is 2.04 bits per heavy atom.